The van der Waals surface area contributed by atoms with Crippen molar-refractivity contribution in [3.8, 4) is 0 Å². The molecule has 1 aliphatic rings. The number of carbonyl (C=O) groups excluding carboxylic acids is 1. The Morgan fingerprint density at radius 3 is 1.94 bits per heavy atom. The molecule has 188 valence electrons. The van der Waals surface area contributed by atoms with E-state index in [1.807, 2.05) is 0 Å². The van der Waals surface area contributed by atoms with Crippen LogP contribution in [-0.2, 0) is 23.5 Å². The van der Waals surface area contributed by atoms with Gasteiger partial charge in [-0.25, -0.2) is 4.79 Å². The smallest absolute Gasteiger partial charge is 0.444 e. The van der Waals surface area contributed by atoms with Gasteiger partial charge in [-0.3, -0.25) is 4.90 Å². The Morgan fingerprint density at radius 2 is 1.56 bits per heavy atom. The van der Waals surface area contributed by atoms with Crippen LogP contribution < -0.4 is 0 Å². The molecule has 0 aromatic heterocycles. The second kappa shape index (κ2) is 9.92. The molecule has 0 unspecified atom stereocenters. The molecule has 0 aromatic rings. The largest absolute Gasteiger partial charge is 0.534 e. The number of hydrogen-bond acceptors (Lipinski definition) is 6. The second-order valence-corrected chi connectivity index (χ2v) is 16.9. The van der Waals surface area contributed by atoms with Gasteiger partial charge in [0.25, 0.3) is 0 Å². The van der Waals surface area contributed by atoms with Crippen molar-refractivity contribution in [3.63, 3.8) is 0 Å². The van der Waals surface area contributed by atoms with Crippen LogP contribution in [0.3, 0.4) is 0 Å². The Balaban J connectivity index is 3.24. The van der Waals surface area contributed by atoms with Crippen molar-refractivity contribution in [2.75, 3.05) is 13.2 Å². The quantitative estimate of drug-likeness (QED) is 0.245. The lowest BCUT2D eigenvalue weighted by molar-refractivity contribution is -0.0523. The highest BCUT2D eigenvalue weighted by Gasteiger charge is 2.50. The number of nitrogens with zero attached hydrogens (tertiary/aromatic N) is 1. The number of alkyl halides is 3. The van der Waals surface area contributed by atoms with Crippen LogP contribution in [0.4, 0.5) is 18.0 Å². The van der Waals surface area contributed by atoms with Crippen LogP contribution in [0.25, 0.3) is 0 Å². The third kappa shape index (κ3) is 6.63. The zero-order valence-electron chi connectivity index (χ0n) is 20.2. The van der Waals surface area contributed by atoms with E-state index in [2.05, 4.69) is 45.7 Å². The average Bonchev–Trinajstić information content (AvgIpc) is 2.94. The molecule has 1 atom stereocenters. The summed E-state index contributed by atoms with van der Waals surface area (Å²) in [4.78, 5) is 13.8. The molecule has 0 radical (unpaired) electrons. The predicted molar refractivity (Wildman–Crippen MR) is 118 cm³/mol. The summed E-state index contributed by atoms with van der Waals surface area (Å²) in [6.45, 7) is 16.9. The third-order valence-corrected chi connectivity index (χ3v) is 12.5. The van der Waals surface area contributed by atoms with E-state index in [0.717, 1.165) is 4.90 Å². The molecule has 0 bridgehead atoms. The van der Waals surface area contributed by atoms with Gasteiger partial charge in [0.1, 0.15) is 11.4 Å². The molecule has 32 heavy (non-hydrogen) atoms. The fourth-order valence-corrected chi connectivity index (χ4v) is 10.2. The Hall–Kier alpha value is -1.27. The van der Waals surface area contributed by atoms with Crippen molar-refractivity contribution in [2.45, 2.75) is 96.1 Å². The van der Waals surface area contributed by atoms with Crippen molar-refractivity contribution in [3.05, 3.63) is 11.8 Å². The van der Waals surface area contributed by atoms with Crippen LogP contribution >= 0.6 is 0 Å². The van der Waals surface area contributed by atoms with Gasteiger partial charge in [-0.15, -0.1) is 0 Å². The minimum atomic E-state index is -5.85. The molecule has 1 amide bonds. The van der Waals surface area contributed by atoms with Gasteiger partial charge in [-0.2, -0.15) is 21.6 Å². The molecular formula is C20H36F3NO6SSi. The minimum Gasteiger partial charge on any atom is -0.444 e. The summed E-state index contributed by atoms with van der Waals surface area (Å²) in [5.41, 5.74) is -5.71. The maximum atomic E-state index is 12.8. The molecule has 0 saturated heterocycles. The van der Waals surface area contributed by atoms with Crippen molar-refractivity contribution in [1.82, 2.24) is 4.90 Å². The van der Waals surface area contributed by atoms with E-state index in [9.17, 15) is 26.4 Å². The van der Waals surface area contributed by atoms with Gasteiger partial charge in [-0.05, 0) is 43.5 Å². The lowest BCUT2D eigenvalue weighted by atomic mass is 10.2. The Bertz CT molecular complexity index is 781. The molecular weight excluding hydrogens is 467 g/mol. The maximum absolute atomic E-state index is 12.8. The summed E-state index contributed by atoms with van der Waals surface area (Å²) in [6.07, 6.45) is 0.393. The Labute approximate surface area is 190 Å². The normalized spacial score (nSPS) is 18.5. The van der Waals surface area contributed by atoms with E-state index in [4.69, 9.17) is 9.16 Å². The van der Waals surface area contributed by atoms with Crippen LogP contribution in [0.1, 0.15) is 62.3 Å². The van der Waals surface area contributed by atoms with Gasteiger partial charge in [0, 0.05) is 0 Å². The summed E-state index contributed by atoms with van der Waals surface area (Å²) in [5, 5.41) is 0. The summed E-state index contributed by atoms with van der Waals surface area (Å²) in [7, 11) is -8.20. The van der Waals surface area contributed by atoms with E-state index < -0.39 is 54.0 Å². The van der Waals surface area contributed by atoms with E-state index in [1.54, 1.807) is 20.8 Å². The highest BCUT2D eigenvalue weighted by atomic mass is 32.2. The van der Waals surface area contributed by atoms with Crippen LogP contribution in [0.5, 0.6) is 0 Å². The van der Waals surface area contributed by atoms with Gasteiger partial charge in [0.05, 0.1) is 19.2 Å². The second-order valence-electron chi connectivity index (χ2n) is 9.92. The molecule has 0 N–H and O–H groups in total. The first-order valence-electron chi connectivity index (χ1n) is 10.6. The highest BCUT2D eigenvalue weighted by Crippen LogP contribution is 2.42. The summed E-state index contributed by atoms with van der Waals surface area (Å²) in [5.74, 6) is -0.493. The van der Waals surface area contributed by atoms with Crippen molar-refractivity contribution >= 4 is 24.5 Å². The molecule has 0 aliphatic carbocycles. The fraction of sp³-hybridized carbons (Fsp3) is 0.850. The van der Waals surface area contributed by atoms with Crippen LogP contribution in [0.2, 0.25) is 16.6 Å². The number of amides is 1. The molecule has 0 saturated carbocycles. The van der Waals surface area contributed by atoms with Crippen LogP contribution in [0, 0.1) is 0 Å². The number of ether oxygens (including phenoxy) is 1. The molecule has 0 aromatic carbocycles. The molecule has 0 spiro atoms. The molecule has 1 rings (SSSR count). The molecule has 1 heterocycles. The third-order valence-electron chi connectivity index (χ3n) is 5.44. The Kier molecular flexibility index (Phi) is 8.92. The summed E-state index contributed by atoms with van der Waals surface area (Å²) < 4.78 is 77.3. The van der Waals surface area contributed by atoms with E-state index in [0.29, 0.717) is 0 Å². The van der Waals surface area contributed by atoms with E-state index in [-0.39, 0.29) is 23.2 Å². The first-order chi connectivity index (χ1) is 14.2. The first-order valence-corrected chi connectivity index (χ1v) is 14.1. The number of hydrogen-bond donors (Lipinski definition) is 0. The number of rotatable bonds is 8. The van der Waals surface area contributed by atoms with Crippen LogP contribution in [0.15, 0.2) is 11.8 Å². The first kappa shape index (κ1) is 28.8. The molecule has 1 aliphatic heterocycles. The van der Waals surface area contributed by atoms with Gasteiger partial charge < -0.3 is 13.3 Å². The van der Waals surface area contributed by atoms with Gasteiger partial charge in [0.15, 0.2) is 8.32 Å². The summed E-state index contributed by atoms with van der Waals surface area (Å²) >= 11 is 0. The standard InChI is InChI=1S/C20H36F3NO6SSi/c1-13(2)32(14(3)4,15(5)6)28-12-16-10-17(30-31(26,27)20(21,22)23)11-24(16)18(25)29-19(7,8)9/h10,13-16H,11-12H2,1-9H3/t16-/m0/s1. The van der Waals surface area contributed by atoms with Gasteiger partial charge in [-0.1, -0.05) is 41.5 Å². The number of halogens is 3. The fourth-order valence-electron chi connectivity index (χ4n) is 4.27. The zero-order valence-corrected chi connectivity index (χ0v) is 22.1. The average molecular weight is 504 g/mol. The zero-order chi connectivity index (χ0) is 25.3. The Morgan fingerprint density at radius 1 is 1.09 bits per heavy atom. The monoisotopic (exact) mass is 503 g/mol. The topological polar surface area (TPSA) is 82.1 Å². The van der Waals surface area contributed by atoms with Crippen molar-refractivity contribution in [2.24, 2.45) is 0 Å². The lowest BCUT2D eigenvalue weighted by Crippen LogP contribution is -2.51. The minimum absolute atomic E-state index is 0.00106. The van der Waals surface area contributed by atoms with Crippen LogP contribution in [-0.4, -0.2) is 58.0 Å². The summed E-state index contributed by atoms with van der Waals surface area (Å²) in [6, 6.07) is -0.827. The van der Waals surface area contributed by atoms with Crippen molar-refractivity contribution in [1.29, 1.82) is 0 Å². The SMILES string of the molecule is CC(C)[Si](OC[C@@H]1C=C(OS(=O)(=O)C(F)(F)F)CN1C(=O)OC(C)(C)C)(C(C)C)C(C)C. The lowest BCUT2D eigenvalue weighted by Gasteiger charge is -2.43. The molecule has 7 nitrogen and oxygen atoms in total. The van der Waals surface area contributed by atoms with Gasteiger partial charge in [0.2, 0.25) is 0 Å². The predicted octanol–water partition coefficient (Wildman–Crippen LogP) is 5.55. The molecule has 0 fully saturated rings. The maximum Gasteiger partial charge on any atom is 0.534 e. The van der Waals surface area contributed by atoms with E-state index in [1.165, 1.54) is 6.08 Å². The van der Waals surface area contributed by atoms with E-state index >= 15 is 0 Å². The van der Waals surface area contributed by atoms with Crippen molar-refractivity contribution < 1.29 is 39.7 Å². The number of carbonyl (C=O) groups is 1. The highest BCUT2D eigenvalue weighted by molar-refractivity contribution is 7.87. The molecule has 12 heteroatoms. The van der Waals surface area contributed by atoms with Gasteiger partial charge >= 0.3 is 21.7 Å².